The fourth-order valence-electron chi connectivity index (χ4n) is 1.94. The van der Waals surface area contributed by atoms with E-state index in [0.29, 0.717) is 6.04 Å². The normalized spacial score (nSPS) is 13.3. The Labute approximate surface area is 93.9 Å². The Morgan fingerprint density at radius 3 is 2.27 bits per heavy atom. The molecule has 0 fully saturated rings. The van der Waals surface area contributed by atoms with Gasteiger partial charge in [-0.25, -0.2) is 0 Å². The zero-order valence-corrected chi connectivity index (χ0v) is 10.3. The van der Waals surface area contributed by atoms with Crippen LogP contribution in [0.1, 0.15) is 39.7 Å². The van der Waals surface area contributed by atoms with E-state index in [2.05, 4.69) is 54.8 Å². The number of nitrogens with zero attached hydrogens (tertiary/aromatic N) is 2. The van der Waals surface area contributed by atoms with Crippen molar-refractivity contribution in [1.29, 1.82) is 0 Å². The van der Waals surface area contributed by atoms with E-state index in [1.54, 1.807) is 0 Å². The van der Waals surface area contributed by atoms with Crippen LogP contribution in [0.15, 0.2) is 24.5 Å². The fourth-order valence-corrected chi connectivity index (χ4v) is 1.94. The average Bonchev–Trinajstić information content (AvgIpc) is 2.77. The van der Waals surface area contributed by atoms with Crippen molar-refractivity contribution in [3.8, 4) is 0 Å². The molecule has 0 spiro atoms. The third-order valence-corrected chi connectivity index (χ3v) is 3.13. The molecule has 0 saturated carbocycles. The first kappa shape index (κ1) is 12.3. The molecule has 0 aromatic carbocycles. The first-order valence-corrected chi connectivity index (χ1v) is 6.12. The van der Waals surface area contributed by atoms with Gasteiger partial charge in [0.05, 0.1) is 0 Å². The maximum absolute atomic E-state index is 2.49. The molecule has 0 amide bonds. The van der Waals surface area contributed by atoms with Crippen LogP contribution in [0.25, 0.3) is 0 Å². The topological polar surface area (TPSA) is 8.17 Å². The molecular weight excluding hydrogens is 184 g/mol. The van der Waals surface area contributed by atoms with Gasteiger partial charge >= 0.3 is 0 Å². The molecule has 1 atom stereocenters. The Bertz CT molecular complexity index is 237. The standard InChI is InChI=1S/C13H24N2/c1-4-14(5-2)10-8-9-13(3)15-11-6-7-12-15/h6-7,11-13H,4-5,8-10H2,1-3H3/t13-/m1/s1. The molecule has 1 rings (SSSR count). The van der Waals surface area contributed by atoms with Gasteiger partial charge in [0, 0.05) is 18.4 Å². The van der Waals surface area contributed by atoms with Gasteiger partial charge in [-0.15, -0.1) is 0 Å². The summed E-state index contributed by atoms with van der Waals surface area (Å²) in [6, 6.07) is 4.83. The van der Waals surface area contributed by atoms with Gasteiger partial charge < -0.3 is 9.47 Å². The summed E-state index contributed by atoms with van der Waals surface area (Å²) in [6.07, 6.45) is 6.87. The number of rotatable bonds is 7. The van der Waals surface area contributed by atoms with Crippen LogP contribution in [-0.2, 0) is 0 Å². The average molecular weight is 208 g/mol. The van der Waals surface area contributed by atoms with E-state index in [9.17, 15) is 0 Å². The molecule has 0 radical (unpaired) electrons. The molecule has 0 bridgehead atoms. The van der Waals surface area contributed by atoms with Crippen LogP contribution in [0.3, 0.4) is 0 Å². The molecule has 15 heavy (non-hydrogen) atoms. The van der Waals surface area contributed by atoms with Gasteiger partial charge in [-0.3, -0.25) is 0 Å². The van der Waals surface area contributed by atoms with Gasteiger partial charge in [0.2, 0.25) is 0 Å². The smallest absolute Gasteiger partial charge is 0.0302 e. The Kier molecular flexibility index (Phi) is 5.48. The summed E-state index contributed by atoms with van der Waals surface area (Å²) in [5.41, 5.74) is 0. The second kappa shape index (κ2) is 6.67. The van der Waals surface area contributed by atoms with Gasteiger partial charge in [0.25, 0.3) is 0 Å². The third-order valence-electron chi connectivity index (χ3n) is 3.13. The summed E-state index contributed by atoms with van der Waals surface area (Å²) >= 11 is 0. The quantitative estimate of drug-likeness (QED) is 0.668. The summed E-state index contributed by atoms with van der Waals surface area (Å²) in [4.78, 5) is 2.49. The molecule has 2 nitrogen and oxygen atoms in total. The number of aromatic nitrogens is 1. The molecule has 1 heterocycles. The molecule has 2 heteroatoms. The van der Waals surface area contributed by atoms with Crippen molar-refractivity contribution in [2.45, 2.75) is 39.7 Å². The predicted octanol–water partition coefficient (Wildman–Crippen LogP) is 3.17. The van der Waals surface area contributed by atoms with E-state index >= 15 is 0 Å². The lowest BCUT2D eigenvalue weighted by Gasteiger charge is -2.19. The van der Waals surface area contributed by atoms with Gasteiger partial charge in [-0.05, 0) is 51.5 Å². The zero-order chi connectivity index (χ0) is 11.1. The molecule has 0 saturated heterocycles. The second-order valence-electron chi connectivity index (χ2n) is 4.15. The summed E-state index contributed by atoms with van der Waals surface area (Å²) in [6.45, 7) is 10.3. The minimum absolute atomic E-state index is 0.635. The SMILES string of the molecule is CCN(CC)CCC[C@@H](C)n1cccc1. The van der Waals surface area contributed by atoms with Crippen molar-refractivity contribution in [2.24, 2.45) is 0 Å². The van der Waals surface area contributed by atoms with E-state index in [-0.39, 0.29) is 0 Å². The Morgan fingerprint density at radius 2 is 1.73 bits per heavy atom. The molecule has 0 unspecified atom stereocenters. The van der Waals surface area contributed by atoms with Crippen LogP contribution >= 0.6 is 0 Å². The minimum Gasteiger partial charge on any atom is -0.352 e. The van der Waals surface area contributed by atoms with Crippen LogP contribution in [0.4, 0.5) is 0 Å². The van der Waals surface area contributed by atoms with Crippen LogP contribution < -0.4 is 0 Å². The molecule has 86 valence electrons. The number of hydrogen-bond donors (Lipinski definition) is 0. The Balaban J connectivity index is 2.20. The van der Waals surface area contributed by atoms with Crippen molar-refractivity contribution >= 4 is 0 Å². The third kappa shape index (κ3) is 4.08. The monoisotopic (exact) mass is 208 g/mol. The molecule has 1 aromatic rings. The van der Waals surface area contributed by atoms with Crippen LogP contribution in [-0.4, -0.2) is 29.1 Å². The van der Waals surface area contributed by atoms with E-state index < -0.39 is 0 Å². The molecule has 0 aliphatic rings. The van der Waals surface area contributed by atoms with E-state index in [0.717, 1.165) is 0 Å². The highest BCUT2D eigenvalue weighted by Crippen LogP contribution is 2.13. The maximum atomic E-state index is 2.49. The number of hydrogen-bond acceptors (Lipinski definition) is 1. The lowest BCUT2D eigenvalue weighted by molar-refractivity contribution is 0.288. The fraction of sp³-hybridized carbons (Fsp3) is 0.692. The van der Waals surface area contributed by atoms with Crippen LogP contribution in [0.2, 0.25) is 0 Å². The van der Waals surface area contributed by atoms with E-state index in [4.69, 9.17) is 0 Å². The predicted molar refractivity (Wildman–Crippen MR) is 66.2 cm³/mol. The van der Waals surface area contributed by atoms with Gasteiger partial charge in [0.1, 0.15) is 0 Å². The van der Waals surface area contributed by atoms with Crippen molar-refractivity contribution in [3.05, 3.63) is 24.5 Å². The summed E-state index contributed by atoms with van der Waals surface area (Å²) in [5, 5.41) is 0. The minimum atomic E-state index is 0.635. The van der Waals surface area contributed by atoms with E-state index in [1.165, 1.54) is 32.5 Å². The highest BCUT2D eigenvalue weighted by Gasteiger charge is 2.04. The van der Waals surface area contributed by atoms with Crippen molar-refractivity contribution in [3.63, 3.8) is 0 Å². The highest BCUT2D eigenvalue weighted by molar-refractivity contribution is 4.92. The lowest BCUT2D eigenvalue weighted by Crippen LogP contribution is -2.24. The van der Waals surface area contributed by atoms with Crippen molar-refractivity contribution in [1.82, 2.24) is 9.47 Å². The first-order chi connectivity index (χ1) is 7.27. The molecule has 1 aromatic heterocycles. The van der Waals surface area contributed by atoms with Gasteiger partial charge in [-0.2, -0.15) is 0 Å². The van der Waals surface area contributed by atoms with Gasteiger partial charge in [0.15, 0.2) is 0 Å². The summed E-state index contributed by atoms with van der Waals surface area (Å²) < 4.78 is 2.29. The lowest BCUT2D eigenvalue weighted by atomic mass is 10.1. The summed E-state index contributed by atoms with van der Waals surface area (Å²) in [7, 11) is 0. The van der Waals surface area contributed by atoms with Crippen molar-refractivity contribution in [2.75, 3.05) is 19.6 Å². The Hall–Kier alpha value is -0.760. The van der Waals surface area contributed by atoms with Crippen LogP contribution in [0.5, 0.6) is 0 Å². The molecular formula is C13H24N2. The largest absolute Gasteiger partial charge is 0.352 e. The van der Waals surface area contributed by atoms with Crippen molar-refractivity contribution < 1.29 is 0 Å². The molecule has 0 aliphatic heterocycles. The summed E-state index contributed by atoms with van der Waals surface area (Å²) in [5.74, 6) is 0. The van der Waals surface area contributed by atoms with E-state index in [1.807, 2.05) is 0 Å². The maximum Gasteiger partial charge on any atom is 0.0302 e. The first-order valence-electron chi connectivity index (χ1n) is 6.12. The molecule has 0 aliphatic carbocycles. The highest BCUT2D eigenvalue weighted by atomic mass is 15.1. The molecule has 0 N–H and O–H groups in total. The second-order valence-corrected chi connectivity index (χ2v) is 4.15. The zero-order valence-electron chi connectivity index (χ0n) is 10.3. The Morgan fingerprint density at radius 1 is 1.13 bits per heavy atom. The van der Waals surface area contributed by atoms with Crippen LogP contribution in [0, 0.1) is 0 Å². The van der Waals surface area contributed by atoms with Gasteiger partial charge in [-0.1, -0.05) is 13.8 Å².